The maximum atomic E-state index is 13.3. The van der Waals surface area contributed by atoms with Gasteiger partial charge >= 0.3 is 0 Å². The van der Waals surface area contributed by atoms with Crippen LogP contribution in [0.1, 0.15) is 4.88 Å². The predicted octanol–water partition coefficient (Wildman–Crippen LogP) is 3.13. The van der Waals surface area contributed by atoms with Crippen LogP contribution in [0.15, 0.2) is 51.8 Å². The number of hydrogen-bond donors (Lipinski definition) is 1. The van der Waals surface area contributed by atoms with Crippen LogP contribution in [0.4, 0.5) is 4.39 Å². The van der Waals surface area contributed by atoms with Gasteiger partial charge in [0.2, 0.25) is 5.91 Å². The Bertz CT molecular complexity index is 570. The summed E-state index contributed by atoms with van der Waals surface area (Å²) in [4.78, 5) is 12.9. The number of carbonyl (C=O) groups is 1. The molecule has 2 rings (SSSR count). The van der Waals surface area contributed by atoms with Crippen LogP contribution < -0.4 is 5.43 Å². The number of nitrogens with one attached hydrogen (secondary N) is 1. The van der Waals surface area contributed by atoms with Crippen molar-refractivity contribution in [2.45, 2.75) is 4.90 Å². The summed E-state index contributed by atoms with van der Waals surface area (Å²) in [6, 6.07) is 10.2. The lowest BCUT2D eigenvalue weighted by Crippen LogP contribution is -2.19. The zero-order chi connectivity index (χ0) is 13.5. The molecule has 0 radical (unpaired) electrons. The third-order valence-electron chi connectivity index (χ3n) is 2.12. The quantitative estimate of drug-likeness (QED) is 0.523. The molecule has 1 aromatic heterocycles. The molecule has 2 aromatic rings. The summed E-state index contributed by atoms with van der Waals surface area (Å²) in [7, 11) is 0. The van der Waals surface area contributed by atoms with Crippen LogP contribution in [-0.4, -0.2) is 17.9 Å². The number of nitrogens with zero attached hydrogens (tertiary/aromatic N) is 1. The maximum absolute atomic E-state index is 13.3. The molecule has 3 nitrogen and oxygen atoms in total. The van der Waals surface area contributed by atoms with Gasteiger partial charge < -0.3 is 0 Å². The third-order valence-corrected chi connectivity index (χ3v) is 3.98. The maximum Gasteiger partial charge on any atom is 0.250 e. The fourth-order valence-corrected chi connectivity index (χ4v) is 2.59. The molecular weight excluding hydrogens is 283 g/mol. The van der Waals surface area contributed by atoms with E-state index < -0.39 is 0 Å². The molecule has 0 fully saturated rings. The lowest BCUT2D eigenvalue weighted by Gasteiger charge is -2.01. The Morgan fingerprint density at radius 3 is 2.95 bits per heavy atom. The van der Waals surface area contributed by atoms with Crippen LogP contribution in [0, 0.1) is 5.82 Å². The first-order valence-electron chi connectivity index (χ1n) is 5.48. The lowest BCUT2D eigenvalue weighted by molar-refractivity contribution is -0.118. The van der Waals surface area contributed by atoms with Crippen molar-refractivity contribution in [1.82, 2.24) is 5.43 Å². The first-order chi connectivity index (χ1) is 9.25. The van der Waals surface area contributed by atoms with E-state index in [2.05, 4.69) is 10.5 Å². The molecule has 6 heteroatoms. The van der Waals surface area contributed by atoms with E-state index >= 15 is 0 Å². The number of halogens is 1. The van der Waals surface area contributed by atoms with E-state index in [-0.39, 0.29) is 17.5 Å². The molecule has 0 aliphatic carbocycles. The molecule has 0 unspecified atom stereocenters. The molecule has 0 aliphatic heterocycles. The Morgan fingerprint density at radius 2 is 2.21 bits per heavy atom. The smallest absolute Gasteiger partial charge is 0.250 e. The van der Waals surface area contributed by atoms with Gasteiger partial charge in [0.05, 0.1) is 12.0 Å². The minimum atomic E-state index is -0.317. The fraction of sp³-hybridized carbons (Fsp3) is 0.0769. The first kappa shape index (κ1) is 13.8. The van der Waals surface area contributed by atoms with Gasteiger partial charge in [-0.1, -0.05) is 18.2 Å². The van der Waals surface area contributed by atoms with Crippen molar-refractivity contribution < 1.29 is 9.18 Å². The topological polar surface area (TPSA) is 41.5 Å². The monoisotopic (exact) mass is 294 g/mol. The van der Waals surface area contributed by atoms with E-state index in [0.717, 1.165) is 16.6 Å². The fourth-order valence-electron chi connectivity index (χ4n) is 1.27. The summed E-state index contributed by atoms with van der Waals surface area (Å²) in [5.74, 6) is -0.452. The summed E-state index contributed by atoms with van der Waals surface area (Å²) in [5.41, 5.74) is 2.40. The molecule has 1 amide bonds. The summed E-state index contributed by atoms with van der Waals surface area (Å²) >= 11 is 2.68. The highest BCUT2D eigenvalue weighted by Crippen LogP contribution is 2.20. The van der Waals surface area contributed by atoms with Gasteiger partial charge in [0.25, 0.3) is 0 Å². The van der Waals surface area contributed by atoms with Gasteiger partial charge in [0.15, 0.2) is 0 Å². The van der Waals surface area contributed by atoms with Crippen molar-refractivity contribution in [3.05, 3.63) is 52.5 Å². The second-order valence-corrected chi connectivity index (χ2v) is 5.52. The molecule has 98 valence electrons. The molecule has 1 heterocycles. The van der Waals surface area contributed by atoms with Crippen LogP contribution >= 0.6 is 23.1 Å². The van der Waals surface area contributed by atoms with Crippen LogP contribution in [-0.2, 0) is 4.79 Å². The van der Waals surface area contributed by atoms with Crippen molar-refractivity contribution >= 4 is 35.2 Å². The molecule has 1 aromatic carbocycles. The SMILES string of the molecule is O=C(CSc1ccccc1F)N/N=C/c1cccs1. The highest BCUT2D eigenvalue weighted by atomic mass is 32.2. The van der Waals surface area contributed by atoms with Gasteiger partial charge in [-0.15, -0.1) is 23.1 Å². The second kappa shape index (κ2) is 7.06. The summed E-state index contributed by atoms with van der Waals surface area (Å²) in [6.45, 7) is 0. The van der Waals surface area contributed by atoms with Gasteiger partial charge in [-0.2, -0.15) is 5.10 Å². The average molecular weight is 294 g/mol. The standard InChI is InChI=1S/C13H11FN2OS2/c14-11-5-1-2-6-12(11)19-9-13(17)16-15-8-10-4-3-7-18-10/h1-8H,9H2,(H,16,17)/b15-8+. The van der Waals surface area contributed by atoms with Crippen molar-refractivity contribution in [2.75, 3.05) is 5.75 Å². The zero-order valence-electron chi connectivity index (χ0n) is 9.88. The summed E-state index contributed by atoms with van der Waals surface area (Å²) < 4.78 is 13.3. The van der Waals surface area contributed by atoms with E-state index in [4.69, 9.17) is 0 Å². The molecule has 0 atom stereocenters. The van der Waals surface area contributed by atoms with Crippen LogP contribution in [0.25, 0.3) is 0 Å². The number of thiophene rings is 1. The second-order valence-electron chi connectivity index (χ2n) is 3.53. The van der Waals surface area contributed by atoms with Gasteiger partial charge in [0.1, 0.15) is 5.82 Å². The van der Waals surface area contributed by atoms with Gasteiger partial charge in [0, 0.05) is 9.77 Å². The Morgan fingerprint density at radius 1 is 1.37 bits per heavy atom. The molecule has 0 bridgehead atoms. The molecule has 0 spiro atoms. The average Bonchev–Trinajstić information content (AvgIpc) is 2.91. The van der Waals surface area contributed by atoms with E-state index in [0.29, 0.717) is 4.90 Å². The predicted molar refractivity (Wildman–Crippen MR) is 77.2 cm³/mol. The number of hydrazone groups is 1. The Kier molecular flexibility index (Phi) is 5.11. The van der Waals surface area contributed by atoms with Crippen LogP contribution in [0.3, 0.4) is 0 Å². The molecule has 1 N–H and O–H groups in total. The Hall–Kier alpha value is -1.66. The van der Waals surface area contributed by atoms with Gasteiger partial charge in [-0.3, -0.25) is 4.79 Å². The molecule has 0 saturated heterocycles. The Labute approximate surface area is 118 Å². The van der Waals surface area contributed by atoms with Crippen molar-refractivity contribution in [3.8, 4) is 0 Å². The summed E-state index contributed by atoms with van der Waals surface area (Å²) in [5, 5.41) is 5.76. The van der Waals surface area contributed by atoms with E-state index in [1.165, 1.54) is 17.4 Å². The number of thioether (sulfide) groups is 1. The van der Waals surface area contributed by atoms with Crippen LogP contribution in [0.2, 0.25) is 0 Å². The molecule has 0 saturated carbocycles. The van der Waals surface area contributed by atoms with Gasteiger partial charge in [-0.25, -0.2) is 9.82 Å². The third kappa shape index (κ3) is 4.50. The van der Waals surface area contributed by atoms with Crippen molar-refractivity contribution in [2.24, 2.45) is 5.10 Å². The zero-order valence-corrected chi connectivity index (χ0v) is 11.5. The van der Waals surface area contributed by atoms with Crippen LogP contribution in [0.5, 0.6) is 0 Å². The highest BCUT2D eigenvalue weighted by Gasteiger charge is 2.05. The minimum absolute atomic E-state index is 0.128. The molecule has 0 aliphatic rings. The number of amides is 1. The number of hydrogen-bond acceptors (Lipinski definition) is 4. The normalized spacial score (nSPS) is 10.8. The van der Waals surface area contributed by atoms with E-state index in [1.54, 1.807) is 24.4 Å². The summed E-state index contributed by atoms with van der Waals surface area (Å²) in [6.07, 6.45) is 1.58. The van der Waals surface area contributed by atoms with Crippen molar-refractivity contribution in [3.63, 3.8) is 0 Å². The number of benzene rings is 1. The Balaban J connectivity index is 1.78. The van der Waals surface area contributed by atoms with E-state index in [1.807, 2.05) is 17.5 Å². The lowest BCUT2D eigenvalue weighted by atomic mass is 10.3. The number of carbonyl (C=O) groups excluding carboxylic acids is 1. The van der Waals surface area contributed by atoms with Gasteiger partial charge in [-0.05, 0) is 23.6 Å². The van der Waals surface area contributed by atoms with Crippen molar-refractivity contribution in [1.29, 1.82) is 0 Å². The molecular formula is C13H11FN2OS2. The minimum Gasteiger partial charge on any atom is -0.272 e. The largest absolute Gasteiger partial charge is 0.272 e. The van der Waals surface area contributed by atoms with E-state index in [9.17, 15) is 9.18 Å². The number of rotatable bonds is 5. The highest BCUT2D eigenvalue weighted by molar-refractivity contribution is 8.00. The molecule has 19 heavy (non-hydrogen) atoms. The first-order valence-corrected chi connectivity index (χ1v) is 7.35.